The summed E-state index contributed by atoms with van der Waals surface area (Å²) in [5.74, 6) is 0.842. The number of ether oxygens (including phenoxy) is 1. The quantitative estimate of drug-likeness (QED) is 0.626. The van der Waals surface area contributed by atoms with Gasteiger partial charge in [-0.15, -0.1) is 0 Å². The van der Waals surface area contributed by atoms with Crippen LogP contribution in [0.1, 0.15) is 48.9 Å². The third-order valence-electron chi connectivity index (χ3n) is 7.33. The number of aromatic nitrogens is 3. The third kappa shape index (κ3) is 4.16. The molecule has 32 heavy (non-hydrogen) atoms. The maximum absolute atomic E-state index is 13.9. The number of hydrogen-bond donors (Lipinski definition) is 0. The molecule has 6 nitrogen and oxygen atoms in total. The minimum absolute atomic E-state index is 0.295. The number of benzene rings is 1. The van der Waals surface area contributed by atoms with Crippen LogP contribution in [0.3, 0.4) is 0 Å². The van der Waals surface area contributed by atoms with Crippen LogP contribution in [0.4, 0.5) is 0 Å². The van der Waals surface area contributed by atoms with E-state index < -0.39 is 5.41 Å². The Hall–Kier alpha value is -2.73. The first kappa shape index (κ1) is 21.1. The van der Waals surface area contributed by atoms with E-state index in [-0.39, 0.29) is 0 Å². The largest absolute Gasteiger partial charge is 0.381 e. The van der Waals surface area contributed by atoms with Gasteiger partial charge in [-0.05, 0) is 56.9 Å². The van der Waals surface area contributed by atoms with E-state index in [1.165, 1.54) is 5.56 Å². The zero-order valence-electron chi connectivity index (χ0n) is 18.9. The number of hydrogen-bond acceptors (Lipinski definition) is 4. The Morgan fingerprint density at radius 2 is 1.94 bits per heavy atom. The van der Waals surface area contributed by atoms with E-state index in [0.29, 0.717) is 25.0 Å². The van der Waals surface area contributed by atoms with Gasteiger partial charge in [0.15, 0.2) is 5.65 Å². The van der Waals surface area contributed by atoms with E-state index in [1.54, 1.807) is 6.20 Å². The van der Waals surface area contributed by atoms with Gasteiger partial charge >= 0.3 is 0 Å². The summed E-state index contributed by atoms with van der Waals surface area (Å²) in [7, 11) is 0. The SMILES string of the molecule is Cc1ccc(C2(C(=O)N3CCCC(Cc4cn5ccnc5cn4)CC3)CCOCC2)cc1. The normalized spacial score (nSPS) is 21.4. The molecule has 4 heterocycles. The Morgan fingerprint density at radius 1 is 1.12 bits per heavy atom. The summed E-state index contributed by atoms with van der Waals surface area (Å²) >= 11 is 0. The molecule has 0 aliphatic carbocycles. The predicted molar refractivity (Wildman–Crippen MR) is 124 cm³/mol. The van der Waals surface area contributed by atoms with Gasteiger partial charge in [0.05, 0.1) is 17.3 Å². The molecule has 168 valence electrons. The molecule has 2 fully saturated rings. The molecule has 1 amide bonds. The fourth-order valence-corrected chi connectivity index (χ4v) is 5.36. The van der Waals surface area contributed by atoms with Crippen molar-refractivity contribution in [1.82, 2.24) is 19.3 Å². The molecule has 0 N–H and O–H groups in total. The van der Waals surface area contributed by atoms with Gasteiger partial charge in [-0.25, -0.2) is 4.98 Å². The Labute approximate surface area is 189 Å². The van der Waals surface area contributed by atoms with Crippen molar-refractivity contribution in [2.45, 2.75) is 50.9 Å². The minimum atomic E-state index is -0.445. The molecule has 3 aromatic rings. The zero-order valence-corrected chi connectivity index (χ0v) is 18.9. The summed E-state index contributed by atoms with van der Waals surface area (Å²) in [6.45, 7) is 5.07. The molecule has 2 aliphatic heterocycles. The Morgan fingerprint density at radius 3 is 2.75 bits per heavy atom. The van der Waals surface area contributed by atoms with Gasteiger partial charge in [-0.3, -0.25) is 9.78 Å². The molecule has 0 spiro atoms. The lowest BCUT2D eigenvalue weighted by atomic mass is 9.72. The zero-order chi connectivity index (χ0) is 22.0. The highest BCUT2D eigenvalue weighted by molar-refractivity contribution is 5.88. The standard InChI is InChI=1S/C26H32N4O2/c1-20-4-6-22(7-5-20)26(9-15-32-16-10-26)25(31)29-12-2-3-21(8-13-29)17-23-19-30-14-11-27-24(30)18-28-23/h4-7,11,14,18-19,21H,2-3,8-10,12-13,15-17H2,1H3. The van der Waals surface area contributed by atoms with E-state index in [1.807, 2.05) is 16.8 Å². The average molecular weight is 433 g/mol. The summed E-state index contributed by atoms with van der Waals surface area (Å²) in [5, 5.41) is 0. The molecule has 0 saturated carbocycles. The smallest absolute Gasteiger partial charge is 0.233 e. The van der Waals surface area contributed by atoms with Crippen LogP contribution in [0.15, 0.2) is 49.1 Å². The van der Waals surface area contributed by atoms with Crippen LogP contribution in [0.25, 0.3) is 5.65 Å². The monoisotopic (exact) mass is 432 g/mol. The van der Waals surface area contributed by atoms with Crippen LogP contribution in [-0.4, -0.2) is 51.5 Å². The van der Waals surface area contributed by atoms with Crippen molar-refractivity contribution in [3.63, 3.8) is 0 Å². The molecular weight excluding hydrogens is 400 g/mol. The molecule has 2 saturated heterocycles. The highest BCUT2D eigenvalue weighted by atomic mass is 16.5. The number of amides is 1. The second-order valence-electron chi connectivity index (χ2n) is 9.43. The van der Waals surface area contributed by atoms with E-state index in [2.05, 4.69) is 52.3 Å². The Kier molecular flexibility index (Phi) is 5.96. The molecule has 6 heteroatoms. The number of carbonyl (C=O) groups is 1. The van der Waals surface area contributed by atoms with Crippen LogP contribution in [0.5, 0.6) is 0 Å². The van der Waals surface area contributed by atoms with Crippen LogP contribution in [0.2, 0.25) is 0 Å². The maximum Gasteiger partial charge on any atom is 0.233 e. The molecule has 1 aromatic carbocycles. The summed E-state index contributed by atoms with van der Waals surface area (Å²) in [4.78, 5) is 25.0. The van der Waals surface area contributed by atoms with Crippen molar-refractivity contribution in [3.05, 3.63) is 65.9 Å². The molecule has 1 atom stereocenters. The van der Waals surface area contributed by atoms with Crippen LogP contribution in [0, 0.1) is 12.8 Å². The maximum atomic E-state index is 13.9. The number of imidazole rings is 1. The van der Waals surface area contributed by atoms with Gasteiger partial charge < -0.3 is 14.0 Å². The van der Waals surface area contributed by atoms with E-state index >= 15 is 0 Å². The molecule has 0 radical (unpaired) electrons. The predicted octanol–water partition coefficient (Wildman–Crippen LogP) is 3.96. The van der Waals surface area contributed by atoms with Crippen molar-refractivity contribution < 1.29 is 9.53 Å². The molecular formula is C26H32N4O2. The van der Waals surface area contributed by atoms with Crippen molar-refractivity contribution in [2.24, 2.45) is 5.92 Å². The highest BCUT2D eigenvalue weighted by Gasteiger charge is 2.44. The van der Waals surface area contributed by atoms with Crippen LogP contribution < -0.4 is 0 Å². The number of nitrogens with zero attached hydrogens (tertiary/aromatic N) is 4. The van der Waals surface area contributed by atoms with E-state index in [4.69, 9.17) is 4.74 Å². The minimum Gasteiger partial charge on any atom is -0.381 e. The number of fused-ring (bicyclic) bond motifs is 1. The summed E-state index contributed by atoms with van der Waals surface area (Å²) in [6.07, 6.45) is 13.4. The van der Waals surface area contributed by atoms with Gasteiger partial charge in [-0.1, -0.05) is 29.8 Å². The number of carbonyl (C=O) groups excluding carboxylic acids is 1. The van der Waals surface area contributed by atoms with Crippen molar-refractivity contribution in [1.29, 1.82) is 0 Å². The van der Waals surface area contributed by atoms with Gasteiger partial charge in [0, 0.05) is 44.9 Å². The van der Waals surface area contributed by atoms with Gasteiger partial charge in [-0.2, -0.15) is 0 Å². The molecule has 1 unspecified atom stereocenters. The first-order valence-electron chi connectivity index (χ1n) is 11.9. The highest BCUT2D eigenvalue weighted by Crippen LogP contribution is 2.38. The number of likely N-dealkylation sites (tertiary alicyclic amines) is 1. The summed E-state index contributed by atoms with van der Waals surface area (Å²) < 4.78 is 7.69. The van der Waals surface area contributed by atoms with Crippen molar-refractivity contribution in [3.8, 4) is 0 Å². The Bertz CT molecular complexity index is 1070. The van der Waals surface area contributed by atoms with Crippen molar-refractivity contribution >= 4 is 11.6 Å². The number of aryl methyl sites for hydroxylation is 1. The molecule has 2 aliphatic rings. The molecule has 2 aromatic heterocycles. The number of rotatable bonds is 4. The van der Waals surface area contributed by atoms with Gasteiger partial charge in [0.1, 0.15) is 0 Å². The lowest BCUT2D eigenvalue weighted by Gasteiger charge is -2.40. The van der Waals surface area contributed by atoms with E-state index in [0.717, 1.165) is 68.5 Å². The third-order valence-corrected chi connectivity index (χ3v) is 7.33. The molecule has 0 bridgehead atoms. The Balaban J connectivity index is 1.30. The fraction of sp³-hybridized carbons (Fsp3) is 0.500. The van der Waals surface area contributed by atoms with E-state index in [9.17, 15) is 4.79 Å². The lowest BCUT2D eigenvalue weighted by molar-refractivity contribution is -0.141. The topological polar surface area (TPSA) is 59.7 Å². The summed E-state index contributed by atoms with van der Waals surface area (Å²) in [5.41, 5.74) is 3.91. The molecule has 5 rings (SSSR count). The second-order valence-corrected chi connectivity index (χ2v) is 9.43. The lowest BCUT2D eigenvalue weighted by Crippen LogP contribution is -2.50. The average Bonchev–Trinajstić information content (AvgIpc) is 3.17. The van der Waals surface area contributed by atoms with Gasteiger partial charge in [0.25, 0.3) is 0 Å². The van der Waals surface area contributed by atoms with Crippen LogP contribution >= 0.6 is 0 Å². The van der Waals surface area contributed by atoms with Crippen molar-refractivity contribution in [2.75, 3.05) is 26.3 Å². The summed E-state index contributed by atoms with van der Waals surface area (Å²) in [6, 6.07) is 8.55. The van der Waals surface area contributed by atoms with Gasteiger partial charge in [0.2, 0.25) is 5.91 Å². The second kappa shape index (κ2) is 9.02. The first-order valence-corrected chi connectivity index (χ1v) is 11.9. The fourth-order valence-electron chi connectivity index (χ4n) is 5.36. The first-order chi connectivity index (χ1) is 15.6. The van der Waals surface area contributed by atoms with Crippen LogP contribution in [-0.2, 0) is 21.4 Å².